The fourth-order valence-electron chi connectivity index (χ4n) is 10.3. The van der Waals surface area contributed by atoms with Crippen molar-refractivity contribution in [3.05, 3.63) is 193 Å². The van der Waals surface area contributed by atoms with Gasteiger partial charge in [0.25, 0.3) is 0 Å². The number of pyridine rings is 3. The molecule has 13 rings (SSSR count). The molecule has 278 valence electrons. The van der Waals surface area contributed by atoms with E-state index in [0.717, 1.165) is 51.4 Å². The van der Waals surface area contributed by atoms with Gasteiger partial charge in [0.2, 0.25) is 0 Å². The smallest absolute Gasteiger partial charge is 0.0970 e. The Labute approximate surface area is 345 Å². The normalized spacial score (nSPS) is 12.8. The summed E-state index contributed by atoms with van der Waals surface area (Å²) in [7, 11) is 0. The molecule has 9 aromatic carbocycles. The van der Waals surface area contributed by atoms with E-state index in [0.29, 0.717) is 0 Å². The molecule has 0 atom stereocenters. The predicted octanol–water partition coefficient (Wildman–Crippen LogP) is 15.1. The molecule has 12 aromatic rings. The van der Waals surface area contributed by atoms with Crippen LogP contribution in [0.25, 0.3) is 126 Å². The molecule has 0 amide bonds. The molecule has 3 aromatic heterocycles. The summed E-state index contributed by atoms with van der Waals surface area (Å²) in [6.45, 7) is 0. The van der Waals surface area contributed by atoms with Gasteiger partial charge in [-0.05, 0) is 132 Å². The first-order valence-corrected chi connectivity index (χ1v) is 20.8. The van der Waals surface area contributed by atoms with E-state index < -0.39 is 0 Å². The molecule has 0 spiro atoms. The molecule has 3 heteroatoms. The Morgan fingerprint density at radius 1 is 0.400 bits per heavy atom. The van der Waals surface area contributed by atoms with E-state index in [1.165, 1.54) is 92.6 Å². The number of fused-ring (bicyclic) bond motifs is 17. The van der Waals surface area contributed by atoms with Crippen molar-refractivity contribution in [3.63, 3.8) is 0 Å². The van der Waals surface area contributed by atoms with Crippen molar-refractivity contribution >= 4 is 92.6 Å². The van der Waals surface area contributed by atoms with Gasteiger partial charge in [-0.2, -0.15) is 0 Å². The zero-order valence-corrected chi connectivity index (χ0v) is 32.7. The second kappa shape index (κ2) is 12.9. The van der Waals surface area contributed by atoms with Crippen molar-refractivity contribution < 1.29 is 0 Å². The molecule has 0 aliphatic heterocycles. The zero-order chi connectivity index (χ0) is 39.3. The van der Waals surface area contributed by atoms with Crippen LogP contribution in [0, 0.1) is 0 Å². The topological polar surface area (TPSA) is 38.7 Å². The van der Waals surface area contributed by atoms with Crippen molar-refractivity contribution in [2.75, 3.05) is 0 Å². The first-order valence-electron chi connectivity index (χ1n) is 20.8. The van der Waals surface area contributed by atoms with Gasteiger partial charge in [0.15, 0.2) is 0 Å². The average Bonchev–Trinajstić information content (AvgIpc) is 3.33. The van der Waals surface area contributed by atoms with Crippen LogP contribution in [0.5, 0.6) is 0 Å². The first-order chi connectivity index (χ1) is 29.8. The van der Waals surface area contributed by atoms with E-state index in [9.17, 15) is 0 Å². The molecule has 0 fully saturated rings. The van der Waals surface area contributed by atoms with Gasteiger partial charge in [0.1, 0.15) is 0 Å². The molecule has 0 unspecified atom stereocenters. The number of benzene rings is 9. The van der Waals surface area contributed by atoms with Crippen LogP contribution in [0.2, 0.25) is 0 Å². The van der Waals surface area contributed by atoms with Crippen LogP contribution in [0.15, 0.2) is 182 Å². The van der Waals surface area contributed by atoms with E-state index in [1.54, 1.807) is 0 Å². The molecule has 0 saturated carbocycles. The van der Waals surface area contributed by atoms with Gasteiger partial charge in [-0.3, -0.25) is 9.97 Å². The van der Waals surface area contributed by atoms with Crippen molar-refractivity contribution in [2.45, 2.75) is 12.8 Å². The fourth-order valence-corrected chi connectivity index (χ4v) is 10.3. The van der Waals surface area contributed by atoms with Crippen LogP contribution in [0.1, 0.15) is 17.5 Å². The van der Waals surface area contributed by atoms with Gasteiger partial charge < -0.3 is 0 Å². The highest BCUT2D eigenvalue weighted by atomic mass is 14.7. The Morgan fingerprint density at radius 3 is 1.87 bits per heavy atom. The Kier molecular flexibility index (Phi) is 7.13. The maximum atomic E-state index is 5.47. The maximum absolute atomic E-state index is 5.47. The quantitative estimate of drug-likeness (QED) is 0.168. The van der Waals surface area contributed by atoms with Crippen LogP contribution in [0.3, 0.4) is 0 Å². The minimum Gasteiger partial charge on any atom is -0.254 e. The molecule has 60 heavy (non-hydrogen) atoms. The third kappa shape index (κ3) is 4.87. The van der Waals surface area contributed by atoms with Gasteiger partial charge in [-0.15, -0.1) is 0 Å². The van der Waals surface area contributed by atoms with Gasteiger partial charge in [0, 0.05) is 44.9 Å². The number of para-hydroxylation sites is 1. The highest BCUT2D eigenvalue weighted by Gasteiger charge is 2.22. The molecule has 0 N–H and O–H groups in total. The summed E-state index contributed by atoms with van der Waals surface area (Å²) in [5, 5.41) is 16.1. The van der Waals surface area contributed by atoms with Crippen LogP contribution in [-0.2, 0) is 6.42 Å². The van der Waals surface area contributed by atoms with Crippen molar-refractivity contribution in [2.24, 2.45) is 0 Å². The molecule has 3 nitrogen and oxygen atoms in total. The SMILES string of the molecule is C1=Cc2c(c3ccccc3c3c2c(-c2cccc(-c4ccc5c6ccc(-c7cc8cccnc8c8ncccc78)cc6c6ccccc6c5c4)c2)nc2ccccc23)CC1. The summed E-state index contributed by atoms with van der Waals surface area (Å²) < 4.78 is 0. The van der Waals surface area contributed by atoms with E-state index in [1.807, 2.05) is 24.5 Å². The number of hydrogen-bond donors (Lipinski definition) is 0. The summed E-state index contributed by atoms with van der Waals surface area (Å²) >= 11 is 0. The maximum Gasteiger partial charge on any atom is 0.0970 e. The Balaban J connectivity index is 1.00. The molecule has 0 bridgehead atoms. The Morgan fingerprint density at radius 2 is 1.03 bits per heavy atom. The van der Waals surface area contributed by atoms with Gasteiger partial charge in [-0.1, -0.05) is 133 Å². The monoisotopic (exact) mass is 761 g/mol. The highest BCUT2D eigenvalue weighted by molar-refractivity contribution is 6.28. The summed E-state index contributed by atoms with van der Waals surface area (Å²) in [6, 6.07) is 60.0. The van der Waals surface area contributed by atoms with Crippen molar-refractivity contribution in [3.8, 4) is 33.5 Å². The second-order valence-electron chi connectivity index (χ2n) is 16.2. The lowest BCUT2D eigenvalue weighted by Crippen LogP contribution is -2.01. The minimum absolute atomic E-state index is 0.931. The van der Waals surface area contributed by atoms with Gasteiger partial charge >= 0.3 is 0 Å². The van der Waals surface area contributed by atoms with Crippen LogP contribution >= 0.6 is 0 Å². The third-order valence-corrected chi connectivity index (χ3v) is 12.9. The molecule has 0 radical (unpaired) electrons. The Hall–Kier alpha value is -7.75. The predicted molar refractivity (Wildman–Crippen MR) is 254 cm³/mol. The van der Waals surface area contributed by atoms with E-state index in [4.69, 9.17) is 15.0 Å². The Bertz CT molecular complexity index is 3820. The van der Waals surface area contributed by atoms with E-state index in [-0.39, 0.29) is 0 Å². The zero-order valence-electron chi connectivity index (χ0n) is 32.7. The lowest BCUT2D eigenvalue weighted by Gasteiger charge is -2.21. The van der Waals surface area contributed by atoms with Gasteiger partial charge in [0.05, 0.1) is 22.2 Å². The summed E-state index contributed by atoms with van der Waals surface area (Å²) in [4.78, 5) is 15.0. The molecule has 3 heterocycles. The largest absolute Gasteiger partial charge is 0.254 e. The number of rotatable bonds is 3. The average molecular weight is 762 g/mol. The number of allylic oxidation sites excluding steroid dienone is 1. The minimum atomic E-state index is 0.931. The molecular weight excluding hydrogens is 727 g/mol. The molecule has 1 aliphatic rings. The number of nitrogens with zero attached hydrogens (tertiary/aromatic N) is 3. The van der Waals surface area contributed by atoms with Gasteiger partial charge in [-0.25, -0.2) is 4.98 Å². The van der Waals surface area contributed by atoms with E-state index in [2.05, 4.69) is 164 Å². The van der Waals surface area contributed by atoms with Crippen LogP contribution < -0.4 is 0 Å². The molecular formula is C57H35N3. The van der Waals surface area contributed by atoms with Crippen molar-refractivity contribution in [1.29, 1.82) is 0 Å². The van der Waals surface area contributed by atoms with E-state index >= 15 is 0 Å². The number of aromatic nitrogens is 3. The van der Waals surface area contributed by atoms with Crippen LogP contribution in [-0.4, -0.2) is 15.0 Å². The van der Waals surface area contributed by atoms with Crippen molar-refractivity contribution in [1.82, 2.24) is 15.0 Å². The molecule has 1 aliphatic carbocycles. The highest BCUT2D eigenvalue weighted by Crippen LogP contribution is 2.45. The standard InChI is InChI=1S/C57H35N3/c1-2-18-42-41(17-1)50-31-35(24-26-43(50)44-27-25-36(32-51(42)44)49-33-38-14-10-28-58-56(38)57-47(49)22-11-29-59-57)34-12-9-13-37(30-34)55-54-46-20-6-4-16-40(46)39-15-3-5-19-45(39)53(54)48-21-7-8-23-52(48)60-55/h1-3,5-15,17-33H,4,16H2. The molecule has 0 saturated heterocycles. The number of aryl methyl sites for hydroxylation is 1. The second-order valence-corrected chi connectivity index (χ2v) is 16.2. The lowest BCUT2D eigenvalue weighted by atomic mass is 9.84. The number of hydrogen-bond acceptors (Lipinski definition) is 3. The third-order valence-electron chi connectivity index (χ3n) is 12.9. The summed E-state index contributed by atoms with van der Waals surface area (Å²) in [6.07, 6.45) is 10.5. The first kappa shape index (κ1) is 33.2. The summed E-state index contributed by atoms with van der Waals surface area (Å²) in [5.74, 6) is 0. The van der Waals surface area contributed by atoms with Crippen LogP contribution in [0.4, 0.5) is 0 Å². The summed E-state index contributed by atoms with van der Waals surface area (Å²) in [5.41, 5.74) is 12.5. The fraction of sp³-hybridized carbons (Fsp3) is 0.0351. The lowest BCUT2D eigenvalue weighted by molar-refractivity contribution is 1.00.